The number of fused-ring (bicyclic) bond motifs is 1. The average molecular weight is 241 g/mol. The van der Waals surface area contributed by atoms with Crippen LogP contribution in [-0.2, 0) is 0 Å². The Hall–Kier alpha value is -1.53. The van der Waals surface area contributed by atoms with Gasteiger partial charge in [-0.05, 0) is 46.9 Å². The smallest absolute Gasteiger partial charge is 0.0369 e. The monoisotopic (exact) mass is 240 g/mol. The third kappa shape index (κ3) is 2.13. The Morgan fingerprint density at radius 1 is 0.941 bits per heavy atom. The maximum Gasteiger partial charge on any atom is 0.0369 e. The zero-order valence-corrected chi connectivity index (χ0v) is 10.2. The lowest BCUT2D eigenvalue weighted by Crippen LogP contribution is -1.89. The molecular formula is C16H13Cl. The van der Waals surface area contributed by atoms with Crippen molar-refractivity contribution in [2.24, 2.45) is 0 Å². The first-order valence-electron chi connectivity index (χ1n) is 5.88. The minimum Gasteiger partial charge on any atom is -0.0847 e. The van der Waals surface area contributed by atoms with Crippen LogP contribution in [0.1, 0.15) is 18.4 Å². The zero-order chi connectivity index (χ0) is 11.7. The molecule has 0 bridgehead atoms. The van der Waals surface area contributed by atoms with Crippen molar-refractivity contribution in [3.63, 3.8) is 0 Å². The van der Waals surface area contributed by atoms with Crippen LogP contribution in [0.2, 0.25) is 0 Å². The summed E-state index contributed by atoms with van der Waals surface area (Å²) in [6.45, 7) is 0. The minimum absolute atomic E-state index is 0.861. The van der Waals surface area contributed by atoms with Gasteiger partial charge >= 0.3 is 0 Å². The van der Waals surface area contributed by atoms with Crippen LogP contribution in [0.3, 0.4) is 0 Å². The molecule has 0 N–H and O–H groups in total. The van der Waals surface area contributed by atoms with Gasteiger partial charge in [0, 0.05) is 5.03 Å². The summed E-state index contributed by atoms with van der Waals surface area (Å²) in [6, 6.07) is 15.1. The Morgan fingerprint density at radius 3 is 2.59 bits per heavy atom. The molecule has 1 aliphatic carbocycles. The topological polar surface area (TPSA) is 0 Å². The second-order valence-electron chi connectivity index (χ2n) is 4.36. The highest BCUT2D eigenvalue weighted by atomic mass is 35.5. The summed E-state index contributed by atoms with van der Waals surface area (Å²) in [5, 5.41) is 3.44. The largest absolute Gasteiger partial charge is 0.0847 e. The Kier molecular flexibility index (Phi) is 2.74. The predicted octanol–water partition coefficient (Wildman–Crippen LogP) is 5.14. The Labute approximate surface area is 106 Å². The first kappa shape index (κ1) is 10.6. The fourth-order valence-electron chi connectivity index (χ4n) is 2.28. The number of benzene rings is 2. The van der Waals surface area contributed by atoms with Crippen molar-refractivity contribution in [1.29, 1.82) is 0 Å². The first-order chi connectivity index (χ1) is 8.33. The molecule has 0 atom stereocenters. The van der Waals surface area contributed by atoms with Crippen molar-refractivity contribution in [3.8, 4) is 0 Å². The minimum atomic E-state index is 0.861. The summed E-state index contributed by atoms with van der Waals surface area (Å²) in [5.41, 5.74) is 2.62. The van der Waals surface area contributed by atoms with E-state index in [0.29, 0.717) is 0 Å². The van der Waals surface area contributed by atoms with E-state index in [1.807, 2.05) is 0 Å². The molecule has 2 aromatic carbocycles. The van der Waals surface area contributed by atoms with Crippen LogP contribution in [-0.4, -0.2) is 0 Å². The lowest BCUT2D eigenvalue weighted by atomic mass is 9.95. The molecule has 0 saturated carbocycles. The van der Waals surface area contributed by atoms with Crippen LogP contribution < -0.4 is 0 Å². The van der Waals surface area contributed by atoms with Gasteiger partial charge < -0.3 is 0 Å². The molecule has 1 aliphatic rings. The summed E-state index contributed by atoms with van der Waals surface area (Å²) in [4.78, 5) is 0. The Balaban J connectivity index is 2.09. The van der Waals surface area contributed by atoms with E-state index in [0.717, 1.165) is 17.9 Å². The van der Waals surface area contributed by atoms with Crippen molar-refractivity contribution in [3.05, 3.63) is 65.2 Å². The quantitative estimate of drug-likeness (QED) is 0.648. The van der Waals surface area contributed by atoms with Gasteiger partial charge in [0.1, 0.15) is 0 Å². The highest BCUT2D eigenvalue weighted by Gasteiger charge is 2.06. The molecule has 0 aromatic heterocycles. The summed E-state index contributed by atoms with van der Waals surface area (Å²) in [7, 11) is 0. The molecule has 2 aromatic rings. The molecule has 0 saturated heterocycles. The van der Waals surface area contributed by atoms with Gasteiger partial charge in [0.25, 0.3) is 0 Å². The van der Waals surface area contributed by atoms with Gasteiger partial charge in [-0.3, -0.25) is 0 Å². The third-order valence-electron chi connectivity index (χ3n) is 3.19. The van der Waals surface area contributed by atoms with E-state index >= 15 is 0 Å². The van der Waals surface area contributed by atoms with Crippen LogP contribution in [0.15, 0.2) is 59.6 Å². The van der Waals surface area contributed by atoms with Gasteiger partial charge in [0.15, 0.2) is 0 Å². The number of allylic oxidation sites excluding steroid dienone is 4. The van der Waals surface area contributed by atoms with Crippen LogP contribution >= 0.6 is 11.6 Å². The SMILES string of the molecule is ClC1=CCCC(c2ccc3ccccc3c2)=C1. The van der Waals surface area contributed by atoms with Gasteiger partial charge in [-0.25, -0.2) is 0 Å². The molecule has 0 aliphatic heterocycles. The van der Waals surface area contributed by atoms with Crippen LogP contribution in [0.4, 0.5) is 0 Å². The highest BCUT2D eigenvalue weighted by molar-refractivity contribution is 6.31. The highest BCUT2D eigenvalue weighted by Crippen LogP contribution is 2.29. The summed E-state index contributed by atoms with van der Waals surface area (Å²) >= 11 is 6.06. The van der Waals surface area contributed by atoms with E-state index in [9.17, 15) is 0 Å². The summed E-state index contributed by atoms with van der Waals surface area (Å²) in [6.07, 6.45) is 6.27. The summed E-state index contributed by atoms with van der Waals surface area (Å²) < 4.78 is 0. The second kappa shape index (κ2) is 4.38. The molecule has 0 radical (unpaired) electrons. The molecule has 1 heteroatoms. The number of halogens is 1. The van der Waals surface area contributed by atoms with Crippen molar-refractivity contribution >= 4 is 27.9 Å². The molecule has 0 spiro atoms. The Morgan fingerprint density at radius 2 is 1.76 bits per heavy atom. The molecule has 17 heavy (non-hydrogen) atoms. The zero-order valence-electron chi connectivity index (χ0n) is 9.49. The van der Waals surface area contributed by atoms with E-state index in [-0.39, 0.29) is 0 Å². The fourth-order valence-corrected chi connectivity index (χ4v) is 2.52. The van der Waals surface area contributed by atoms with Gasteiger partial charge in [-0.15, -0.1) is 0 Å². The fraction of sp³-hybridized carbons (Fsp3) is 0.125. The molecule has 0 nitrogen and oxygen atoms in total. The van der Waals surface area contributed by atoms with Crippen molar-refractivity contribution < 1.29 is 0 Å². The van der Waals surface area contributed by atoms with Gasteiger partial charge in [-0.1, -0.05) is 54.1 Å². The van der Waals surface area contributed by atoms with Gasteiger partial charge in [0.2, 0.25) is 0 Å². The summed E-state index contributed by atoms with van der Waals surface area (Å²) in [5.74, 6) is 0. The normalized spacial score (nSPS) is 15.6. The lowest BCUT2D eigenvalue weighted by molar-refractivity contribution is 1.05. The van der Waals surface area contributed by atoms with E-state index in [1.165, 1.54) is 21.9 Å². The Bertz CT molecular complexity index is 620. The van der Waals surface area contributed by atoms with E-state index < -0.39 is 0 Å². The van der Waals surface area contributed by atoms with Crippen LogP contribution in [0.25, 0.3) is 16.3 Å². The molecule has 84 valence electrons. The molecule has 0 unspecified atom stereocenters. The number of rotatable bonds is 1. The maximum atomic E-state index is 6.06. The van der Waals surface area contributed by atoms with E-state index in [2.05, 4.69) is 54.6 Å². The van der Waals surface area contributed by atoms with Gasteiger partial charge in [0.05, 0.1) is 0 Å². The molecule has 3 rings (SSSR count). The van der Waals surface area contributed by atoms with Crippen LogP contribution in [0, 0.1) is 0 Å². The average Bonchev–Trinajstić information content (AvgIpc) is 2.38. The van der Waals surface area contributed by atoms with Crippen LogP contribution in [0.5, 0.6) is 0 Å². The standard InChI is InChI=1S/C16H13Cl/c17-16-7-3-6-14(11-16)15-9-8-12-4-1-2-5-13(12)10-15/h1-2,4-5,7-11H,3,6H2. The predicted molar refractivity (Wildman–Crippen MR) is 75.1 cm³/mol. The molecule has 0 fully saturated rings. The molecule has 0 amide bonds. The molecule has 0 heterocycles. The van der Waals surface area contributed by atoms with E-state index in [4.69, 9.17) is 11.6 Å². The number of hydrogen-bond donors (Lipinski definition) is 0. The third-order valence-corrected chi connectivity index (χ3v) is 3.45. The molecular weight excluding hydrogens is 228 g/mol. The van der Waals surface area contributed by atoms with Crippen molar-refractivity contribution in [2.75, 3.05) is 0 Å². The van der Waals surface area contributed by atoms with Crippen molar-refractivity contribution in [1.82, 2.24) is 0 Å². The lowest BCUT2D eigenvalue weighted by Gasteiger charge is -2.11. The van der Waals surface area contributed by atoms with Gasteiger partial charge in [-0.2, -0.15) is 0 Å². The van der Waals surface area contributed by atoms with E-state index in [1.54, 1.807) is 0 Å². The second-order valence-corrected chi connectivity index (χ2v) is 4.80. The maximum absolute atomic E-state index is 6.06. The first-order valence-corrected chi connectivity index (χ1v) is 6.26. The number of hydrogen-bond acceptors (Lipinski definition) is 0. The van der Waals surface area contributed by atoms with Crippen molar-refractivity contribution in [2.45, 2.75) is 12.8 Å².